The maximum Gasteiger partial charge on any atom is 0.225 e. The van der Waals surface area contributed by atoms with Crippen LogP contribution in [-0.4, -0.2) is 67.1 Å². The van der Waals surface area contributed by atoms with Gasteiger partial charge in [0.05, 0.1) is 31.6 Å². The van der Waals surface area contributed by atoms with Crippen molar-refractivity contribution in [2.45, 2.75) is 69.9 Å². The minimum absolute atomic E-state index is 0.0514. The Kier molecular flexibility index (Phi) is 8.11. The van der Waals surface area contributed by atoms with Crippen LogP contribution in [0.2, 0.25) is 0 Å². The van der Waals surface area contributed by atoms with E-state index in [1.54, 1.807) is 7.11 Å². The zero-order chi connectivity index (χ0) is 25.8. The summed E-state index contributed by atoms with van der Waals surface area (Å²) < 4.78 is 11.5. The molecule has 3 aliphatic rings. The van der Waals surface area contributed by atoms with Crippen LogP contribution >= 0.6 is 0 Å². The predicted octanol–water partition coefficient (Wildman–Crippen LogP) is 4.76. The van der Waals surface area contributed by atoms with Crippen LogP contribution < -0.4 is 14.8 Å². The molecule has 37 heavy (non-hydrogen) atoms. The van der Waals surface area contributed by atoms with Gasteiger partial charge in [0.1, 0.15) is 0 Å². The number of nitrogens with zero attached hydrogens (tertiary/aromatic N) is 2. The molecule has 2 N–H and O–H groups in total. The van der Waals surface area contributed by atoms with Gasteiger partial charge >= 0.3 is 0 Å². The second-order valence-electron chi connectivity index (χ2n) is 10.4. The van der Waals surface area contributed by atoms with E-state index in [0.717, 1.165) is 66.3 Å². The van der Waals surface area contributed by atoms with Crippen molar-refractivity contribution in [3.05, 3.63) is 53.1 Å². The lowest BCUT2D eigenvalue weighted by Crippen LogP contribution is -2.34. The molecule has 7 nitrogen and oxygen atoms in total. The van der Waals surface area contributed by atoms with Crippen molar-refractivity contribution in [3.63, 3.8) is 0 Å². The SMILES string of the molecule is CCOc1cc2c(cc1OC)C(c1ccc(NC(=O)CCN3CCCCC3)cc1)=NC1CCC(O)CC21. The van der Waals surface area contributed by atoms with Crippen LogP contribution in [0.4, 0.5) is 5.69 Å². The number of fused-ring (bicyclic) bond motifs is 3. The van der Waals surface area contributed by atoms with Gasteiger partial charge in [-0.05, 0) is 81.9 Å². The van der Waals surface area contributed by atoms with Crippen molar-refractivity contribution < 1.29 is 19.4 Å². The minimum atomic E-state index is -0.304. The zero-order valence-corrected chi connectivity index (χ0v) is 22.0. The highest BCUT2D eigenvalue weighted by Gasteiger charge is 2.37. The maximum atomic E-state index is 12.5. The number of ether oxygens (including phenoxy) is 2. The fourth-order valence-electron chi connectivity index (χ4n) is 5.98. The Labute approximate surface area is 219 Å². The van der Waals surface area contributed by atoms with E-state index in [1.807, 2.05) is 37.3 Å². The Balaban J connectivity index is 1.36. The molecule has 1 saturated heterocycles. The number of anilines is 1. The number of hydrogen-bond acceptors (Lipinski definition) is 6. The molecular weight excluding hydrogens is 466 g/mol. The van der Waals surface area contributed by atoms with Crippen molar-refractivity contribution in [2.75, 3.05) is 38.7 Å². The molecule has 7 heteroatoms. The average molecular weight is 506 g/mol. The quantitative estimate of drug-likeness (QED) is 0.541. The second-order valence-corrected chi connectivity index (χ2v) is 10.4. The second kappa shape index (κ2) is 11.7. The van der Waals surface area contributed by atoms with Gasteiger partial charge in [-0.1, -0.05) is 18.6 Å². The van der Waals surface area contributed by atoms with E-state index in [2.05, 4.69) is 16.3 Å². The Bertz CT molecular complexity index is 1120. The van der Waals surface area contributed by atoms with Gasteiger partial charge < -0.3 is 24.8 Å². The number of aliphatic hydroxyl groups is 1. The highest BCUT2D eigenvalue weighted by atomic mass is 16.5. The first-order chi connectivity index (χ1) is 18.1. The number of rotatable bonds is 8. The van der Waals surface area contributed by atoms with E-state index in [4.69, 9.17) is 14.5 Å². The van der Waals surface area contributed by atoms with Gasteiger partial charge in [0.25, 0.3) is 0 Å². The normalized spacial score (nSPS) is 23.4. The number of likely N-dealkylation sites (tertiary alicyclic amines) is 1. The first kappa shape index (κ1) is 25.7. The molecule has 0 spiro atoms. The molecule has 1 aliphatic carbocycles. The van der Waals surface area contributed by atoms with Gasteiger partial charge in [-0.15, -0.1) is 0 Å². The molecule has 1 saturated carbocycles. The van der Waals surface area contributed by atoms with Gasteiger partial charge in [0, 0.05) is 35.7 Å². The summed E-state index contributed by atoms with van der Waals surface area (Å²) in [6, 6.07) is 12.2. The molecule has 2 fully saturated rings. The lowest BCUT2D eigenvalue weighted by atomic mass is 9.74. The molecule has 1 amide bonds. The smallest absolute Gasteiger partial charge is 0.225 e. The Morgan fingerprint density at radius 3 is 2.62 bits per heavy atom. The largest absolute Gasteiger partial charge is 0.493 e. The molecule has 3 atom stereocenters. The Morgan fingerprint density at radius 1 is 1.11 bits per heavy atom. The lowest BCUT2D eigenvalue weighted by molar-refractivity contribution is -0.116. The molecule has 2 aromatic rings. The van der Waals surface area contributed by atoms with Gasteiger partial charge in [-0.25, -0.2) is 0 Å². The fraction of sp³-hybridized carbons (Fsp3) is 0.533. The van der Waals surface area contributed by atoms with Crippen molar-refractivity contribution in [1.82, 2.24) is 4.90 Å². The summed E-state index contributed by atoms with van der Waals surface area (Å²) in [5.41, 5.74) is 4.91. The number of aliphatic hydroxyl groups excluding tert-OH is 1. The van der Waals surface area contributed by atoms with E-state index in [9.17, 15) is 9.90 Å². The van der Waals surface area contributed by atoms with Crippen LogP contribution in [0, 0.1) is 0 Å². The molecule has 2 aromatic carbocycles. The van der Waals surface area contributed by atoms with Gasteiger partial charge in [-0.2, -0.15) is 0 Å². The van der Waals surface area contributed by atoms with Crippen molar-refractivity contribution in [1.29, 1.82) is 0 Å². The van der Waals surface area contributed by atoms with Crippen LogP contribution in [0.3, 0.4) is 0 Å². The van der Waals surface area contributed by atoms with Gasteiger partial charge in [-0.3, -0.25) is 9.79 Å². The number of methoxy groups -OCH3 is 1. The zero-order valence-electron chi connectivity index (χ0n) is 22.0. The first-order valence-corrected chi connectivity index (χ1v) is 13.8. The van der Waals surface area contributed by atoms with E-state index in [-0.39, 0.29) is 24.0 Å². The van der Waals surface area contributed by atoms with E-state index in [1.165, 1.54) is 19.3 Å². The summed E-state index contributed by atoms with van der Waals surface area (Å²) in [5, 5.41) is 13.5. The topological polar surface area (TPSA) is 83.4 Å². The lowest BCUT2D eigenvalue weighted by Gasteiger charge is -2.37. The summed E-state index contributed by atoms with van der Waals surface area (Å²) in [6.45, 7) is 5.54. The third-order valence-corrected chi connectivity index (χ3v) is 7.92. The molecular formula is C30H39N3O4. The van der Waals surface area contributed by atoms with Crippen molar-refractivity contribution in [3.8, 4) is 11.5 Å². The van der Waals surface area contributed by atoms with Crippen LogP contribution in [0.1, 0.15) is 74.5 Å². The van der Waals surface area contributed by atoms with Crippen molar-refractivity contribution >= 4 is 17.3 Å². The van der Waals surface area contributed by atoms with E-state index < -0.39 is 0 Å². The number of benzene rings is 2. The monoisotopic (exact) mass is 505 g/mol. The number of hydrogen-bond donors (Lipinski definition) is 2. The fourth-order valence-corrected chi connectivity index (χ4v) is 5.98. The summed E-state index contributed by atoms with van der Waals surface area (Å²) in [6.07, 6.45) is 6.30. The number of amides is 1. The minimum Gasteiger partial charge on any atom is -0.493 e. The number of carbonyl (C=O) groups excluding carboxylic acids is 1. The van der Waals surface area contributed by atoms with E-state index in [0.29, 0.717) is 25.2 Å². The van der Waals surface area contributed by atoms with Crippen LogP contribution in [0.25, 0.3) is 0 Å². The Morgan fingerprint density at radius 2 is 1.89 bits per heavy atom. The maximum absolute atomic E-state index is 12.5. The molecule has 2 heterocycles. The standard InChI is InChI=1S/C30H39N3O4/c1-3-37-28-18-23-24-17-22(34)11-12-26(24)32-30(25(23)19-27(28)36-2)20-7-9-21(10-8-20)31-29(35)13-16-33-14-5-4-6-15-33/h7-10,18-19,22,24,26,34H,3-6,11-17H2,1-2H3,(H,31,35). The number of carbonyl (C=O) groups is 1. The van der Waals surface area contributed by atoms with Crippen LogP contribution in [-0.2, 0) is 4.79 Å². The average Bonchev–Trinajstić information content (AvgIpc) is 2.92. The highest BCUT2D eigenvalue weighted by molar-refractivity contribution is 6.15. The highest BCUT2D eigenvalue weighted by Crippen LogP contribution is 2.45. The van der Waals surface area contributed by atoms with Crippen LogP contribution in [0.15, 0.2) is 41.4 Å². The number of nitrogens with one attached hydrogen (secondary N) is 1. The molecule has 0 aromatic heterocycles. The summed E-state index contributed by atoms with van der Waals surface area (Å²) >= 11 is 0. The van der Waals surface area contributed by atoms with Crippen molar-refractivity contribution in [2.24, 2.45) is 4.99 Å². The summed E-state index contributed by atoms with van der Waals surface area (Å²) in [7, 11) is 1.65. The number of piperidine rings is 1. The number of aliphatic imine (C=N–C) groups is 1. The molecule has 0 radical (unpaired) electrons. The molecule has 0 bridgehead atoms. The van der Waals surface area contributed by atoms with Gasteiger partial charge in [0.2, 0.25) is 5.91 Å². The van der Waals surface area contributed by atoms with Gasteiger partial charge in [0.15, 0.2) is 11.5 Å². The Hall–Kier alpha value is -2.90. The van der Waals surface area contributed by atoms with Crippen LogP contribution in [0.5, 0.6) is 11.5 Å². The molecule has 198 valence electrons. The molecule has 2 aliphatic heterocycles. The summed E-state index contributed by atoms with van der Waals surface area (Å²) in [5.74, 6) is 1.62. The molecule has 5 rings (SSSR count). The third kappa shape index (κ3) is 5.83. The predicted molar refractivity (Wildman–Crippen MR) is 146 cm³/mol. The first-order valence-electron chi connectivity index (χ1n) is 13.8. The molecule has 3 unspecified atom stereocenters. The van der Waals surface area contributed by atoms with E-state index >= 15 is 0 Å². The summed E-state index contributed by atoms with van der Waals surface area (Å²) in [4.78, 5) is 20.1. The third-order valence-electron chi connectivity index (χ3n) is 7.92.